The molecule has 1 heterocycles. The quantitative estimate of drug-likeness (QED) is 0.117. The third kappa shape index (κ3) is 6.62. The van der Waals surface area contributed by atoms with Crippen LogP contribution in [0.4, 0.5) is 10.1 Å². The number of carboxylic acid groups (broad SMARTS) is 1. The van der Waals surface area contributed by atoms with Crippen molar-refractivity contribution in [1.82, 2.24) is 4.98 Å². The first-order valence-corrected chi connectivity index (χ1v) is 19.8. The summed E-state index contributed by atoms with van der Waals surface area (Å²) >= 11 is 0. The van der Waals surface area contributed by atoms with Crippen LogP contribution >= 0.6 is 0 Å². The van der Waals surface area contributed by atoms with E-state index in [2.05, 4.69) is 42.9 Å². The van der Waals surface area contributed by atoms with Gasteiger partial charge in [-0.3, -0.25) is 14.6 Å². The number of anilines is 1. The number of aliphatic hydroxyl groups excluding tert-OH is 2. The molecule has 2 aromatic carbocycles. The number of carboxylic acids is 1. The number of aliphatic carboxylic acids is 1. The van der Waals surface area contributed by atoms with Crippen LogP contribution in [0.25, 0.3) is 10.9 Å². The molecule has 1 aromatic heterocycles. The Kier molecular flexibility index (Phi) is 10.2. The van der Waals surface area contributed by atoms with Gasteiger partial charge >= 0.3 is 5.97 Å². The van der Waals surface area contributed by atoms with Crippen LogP contribution in [-0.2, 0) is 11.3 Å². The fraction of sp³-hybridized carbons (Fsp3) is 0.578. The van der Waals surface area contributed by atoms with Gasteiger partial charge in [-0.05, 0) is 135 Å². The van der Waals surface area contributed by atoms with Gasteiger partial charge in [0.2, 0.25) is 0 Å². The van der Waals surface area contributed by atoms with Crippen molar-refractivity contribution in [1.29, 1.82) is 0 Å². The van der Waals surface area contributed by atoms with Crippen molar-refractivity contribution in [2.75, 3.05) is 5.32 Å². The zero-order valence-electron chi connectivity index (χ0n) is 32.2. The first-order chi connectivity index (χ1) is 25.6. The van der Waals surface area contributed by atoms with Crippen LogP contribution in [0.1, 0.15) is 113 Å². The highest BCUT2D eigenvalue weighted by Crippen LogP contribution is 2.69. The summed E-state index contributed by atoms with van der Waals surface area (Å²) in [6.45, 7) is 10.2. The molecule has 5 N–H and O–H groups in total. The molecule has 11 atom stereocenters. The van der Waals surface area contributed by atoms with Crippen LogP contribution in [-0.4, -0.2) is 55.0 Å². The SMILES string of the molecule is CC(=O)c1c(C)nc2ccccc2c1NCc1ccc(C#CC2(O)CCC3(C)C(CC(O)C4C3CC(O)C3(C)C4CC[C@@H]3C(C)CCC(=O)O)C2)c(F)c1. The number of hydrogen-bond donors (Lipinski definition) is 5. The predicted octanol–water partition coefficient (Wildman–Crippen LogP) is 7.68. The molecule has 4 fully saturated rings. The maximum absolute atomic E-state index is 15.5. The van der Waals surface area contributed by atoms with E-state index >= 15 is 4.39 Å². The molecule has 3 aromatic rings. The minimum absolute atomic E-state index is 0.00357. The summed E-state index contributed by atoms with van der Waals surface area (Å²) in [5.41, 5.74) is 1.58. The van der Waals surface area contributed by atoms with E-state index in [1.807, 2.05) is 31.2 Å². The zero-order valence-corrected chi connectivity index (χ0v) is 32.2. The van der Waals surface area contributed by atoms with E-state index in [9.17, 15) is 30.0 Å². The zero-order chi connectivity index (χ0) is 38.7. The van der Waals surface area contributed by atoms with Crippen molar-refractivity contribution in [2.24, 2.45) is 46.3 Å². The molecule has 0 amide bonds. The van der Waals surface area contributed by atoms with Gasteiger partial charge in [0.25, 0.3) is 0 Å². The summed E-state index contributed by atoms with van der Waals surface area (Å²) in [6.07, 6.45) is 4.11. The predicted molar refractivity (Wildman–Crippen MR) is 206 cm³/mol. The van der Waals surface area contributed by atoms with E-state index in [-0.39, 0.29) is 70.6 Å². The van der Waals surface area contributed by atoms with Gasteiger partial charge in [0.1, 0.15) is 11.4 Å². The summed E-state index contributed by atoms with van der Waals surface area (Å²) < 4.78 is 15.5. The number of carbonyl (C=O) groups excluding carboxylic acids is 1. The number of pyridine rings is 1. The molecule has 4 aliphatic carbocycles. The fourth-order valence-electron chi connectivity index (χ4n) is 11.9. The molecule has 4 saturated carbocycles. The Morgan fingerprint density at radius 2 is 1.83 bits per heavy atom. The molecule has 0 bridgehead atoms. The third-order valence-corrected chi connectivity index (χ3v) is 14.8. The standard InChI is InChI=1S/C45H55FN2O6/c1-25(10-15-39(52)53)32-13-14-33-41-34(22-38(51)44(32,33)5)43(4)18-19-45(54,23-30(43)21-37(41)50)17-16-29-12-11-28(20-35(29)46)24-47-42-31-8-6-7-9-36(31)48-26(2)40(42)27(3)49/h6-9,11-12,20,25,30,32-34,37-38,41,50-51,54H,10,13-15,18-19,21-24H2,1-5H3,(H,47,48)(H,52,53)/t25?,30?,32-,33?,34?,37?,38?,41?,43?,44?,45?/m1/s1. The Labute approximate surface area is 318 Å². The smallest absolute Gasteiger partial charge is 0.303 e. The second kappa shape index (κ2) is 14.3. The lowest BCUT2D eigenvalue weighted by Gasteiger charge is -2.64. The molecule has 54 heavy (non-hydrogen) atoms. The molecule has 8 nitrogen and oxygen atoms in total. The normalized spacial score (nSPS) is 34.9. The average molecular weight is 739 g/mol. The molecule has 9 heteroatoms. The lowest BCUT2D eigenvalue weighted by molar-refractivity contribution is -0.211. The van der Waals surface area contributed by atoms with Crippen LogP contribution in [0.15, 0.2) is 42.5 Å². The van der Waals surface area contributed by atoms with Gasteiger partial charge in [-0.1, -0.05) is 56.9 Å². The number of para-hydroxylation sites is 1. The van der Waals surface area contributed by atoms with E-state index in [4.69, 9.17) is 0 Å². The Bertz CT molecular complexity index is 2020. The Morgan fingerprint density at radius 1 is 1.07 bits per heavy atom. The van der Waals surface area contributed by atoms with E-state index in [0.29, 0.717) is 61.0 Å². The molecule has 4 aliphatic rings. The van der Waals surface area contributed by atoms with Crippen LogP contribution in [0.3, 0.4) is 0 Å². The van der Waals surface area contributed by atoms with Crippen molar-refractivity contribution in [3.05, 3.63) is 70.7 Å². The summed E-state index contributed by atoms with van der Waals surface area (Å²) in [5, 5.41) is 49.0. The van der Waals surface area contributed by atoms with Crippen LogP contribution in [0.5, 0.6) is 0 Å². The molecule has 10 unspecified atom stereocenters. The number of benzene rings is 2. The highest BCUT2D eigenvalue weighted by molar-refractivity contribution is 6.08. The summed E-state index contributed by atoms with van der Waals surface area (Å²) in [4.78, 5) is 28.5. The van der Waals surface area contributed by atoms with Crippen LogP contribution in [0.2, 0.25) is 0 Å². The Morgan fingerprint density at radius 3 is 2.56 bits per heavy atom. The highest BCUT2D eigenvalue weighted by atomic mass is 19.1. The number of Topliss-reactive ketones (excluding diaryl/α,β-unsaturated/α-hetero) is 1. The number of aliphatic hydroxyl groups is 3. The molecule has 0 aliphatic heterocycles. The van der Waals surface area contributed by atoms with Gasteiger partial charge in [0.05, 0.1) is 40.2 Å². The van der Waals surface area contributed by atoms with E-state index in [0.717, 1.165) is 23.7 Å². The van der Waals surface area contributed by atoms with Gasteiger partial charge in [-0.15, -0.1) is 0 Å². The lowest BCUT2D eigenvalue weighted by atomic mass is 9.42. The monoisotopic (exact) mass is 738 g/mol. The average Bonchev–Trinajstić information content (AvgIpc) is 3.48. The largest absolute Gasteiger partial charge is 0.481 e. The molecular formula is C45H55FN2O6. The third-order valence-electron chi connectivity index (χ3n) is 14.8. The molecule has 7 rings (SSSR count). The van der Waals surface area contributed by atoms with E-state index < -0.39 is 29.6 Å². The van der Waals surface area contributed by atoms with Gasteiger partial charge < -0.3 is 25.7 Å². The number of ketones is 1. The second-order valence-corrected chi connectivity index (χ2v) is 17.7. The summed E-state index contributed by atoms with van der Waals surface area (Å²) in [7, 11) is 0. The number of aryl methyl sites for hydroxylation is 1. The number of rotatable bonds is 8. The highest BCUT2D eigenvalue weighted by Gasteiger charge is 2.66. The second-order valence-electron chi connectivity index (χ2n) is 17.7. The van der Waals surface area contributed by atoms with Crippen LogP contribution < -0.4 is 5.32 Å². The van der Waals surface area contributed by atoms with Crippen molar-refractivity contribution in [3.8, 4) is 11.8 Å². The molecule has 288 valence electrons. The first-order valence-electron chi connectivity index (χ1n) is 19.8. The molecule has 0 spiro atoms. The van der Waals surface area contributed by atoms with Gasteiger partial charge in [-0.2, -0.15) is 0 Å². The molecule has 0 radical (unpaired) electrons. The Hall–Kier alpha value is -3.84. The fourth-order valence-corrected chi connectivity index (χ4v) is 11.9. The van der Waals surface area contributed by atoms with E-state index in [1.165, 1.54) is 13.0 Å². The molecule has 0 saturated heterocycles. The lowest BCUT2D eigenvalue weighted by Crippen LogP contribution is -2.63. The molecular weight excluding hydrogens is 684 g/mol. The number of fused-ring (bicyclic) bond motifs is 6. The Balaban J connectivity index is 1.05. The number of carbonyl (C=O) groups is 2. The maximum atomic E-state index is 15.5. The number of nitrogens with one attached hydrogen (secondary N) is 1. The van der Waals surface area contributed by atoms with Crippen molar-refractivity contribution < 1.29 is 34.4 Å². The minimum atomic E-state index is -1.33. The van der Waals surface area contributed by atoms with Gasteiger partial charge in [-0.25, -0.2) is 4.39 Å². The summed E-state index contributed by atoms with van der Waals surface area (Å²) in [5.74, 6) is 5.28. The number of hydrogen-bond acceptors (Lipinski definition) is 7. The summed E-state index contributed by atoms with van der Waals surface area (Å²) in [6, 6.07) is 12.5. The van der Waals surface area contributed by atoms with Crippen molar-refractivity contribution in [2.45, 2.75) is 117 Å². The van der Waals surface area contributed by atoms with Gasteiger partial charge in [0.15, 0.2) is 5.78 Å². The van der Waals surface area contributed by atoms with Crippen LogP contribution in [0, 0.1) is 70.9 Å². The van der Waals surface area contributed by atoms with E-state index in [1.54, 1.807) is 12.1 Å². The maximum Gasteiger partial charge on any atom is 0.303 e. The number of aromatic nitrogens is 1. The van der Waals surface area contributed by atoms with Crippen molar-refractivity contribution in [3.63, 3.8) is 0 Å². The minimum Gasteiger partial charge on any atom is -0.481 e. The number of nitrogens with zero attached hydrogens (tertiary/aromatic N) is 1. The first kappa shape index (κ1) is 38.4. The number of halogens is 1. The topological polar surface area (TPSA) is 140 Å². The van der Waals surface area contributed by atoms with Crippen molar-refractivity contribution >= 4 is 28.3 Å². The van der Waals surface area contributed by atoms with Gasteiger partial charge in [0, 0.05) is 18.4 Å².